The molecule has 0 radical (unpaired) electrons. The van der Waals surface area contributed by atoms with Crippen LogP contribution in [-0.4, -0.2) is 113 Å². The number of pyridine rings is 1. The van der Waals surface area contributed by atoms with Crippen molar-refractivity contribution in [2.24, 2.45) is 20.9 Å². The van der Waals surface area contributed by atoms with Crippen molar-refractivity contribution in [3.63, 3.8) is 0 Å². The molecule has 2 bridgehead atoms. The van der Waals surface area contributed by atoms with Crippen molar-refractivity contribution >= 4 is 41.1 Å². The third-order valence-electron chi connectivity index (χ3n) is 13.9. The number of aryl methyl sites for hydroxylation is 1. The van der Waals surface area contributed by atoms with E-state index in [2.05, 4.69) is 20.0 Å². The minimum absolute atomic E-state index is 0.000346. The topological polar surface area (TPSA) is 305 Å². The molecule has 10 N–H and O–H groups in total. The standard InChI is InChI=1S/C52H52N6O13/c1-2-27-18-31(21-33(59)19-27)50(13-3-4-14-50)71-45-39(23-38-42(44(45)61)36(60)22-37(68-38)29-5-8-34(9-6-29)67-16-12-32-7-10-40(53)58-32)69-49-51(65)24-30(17-28-11-15-56-41(54)20-28)43(35-25-55-26-57-35)52(66,48(51)64)46(70-49)47(62)63/h5-11,15,18-24,26,37,43,46,48-49,53,59-61,64-66H,2-4,12-14,16-17,25H2,1H3,(H2,54,56)(H,62,63). The van der Waals surface area contributed by atoms with Crippen LogP contribution in [0.25, 0.3) is 5.76 Å². The number of carboxylic acids is 1. The molecule has 0 spiro atoms. The first-order valence-electron chi connectivity index (χ1n) is 23.3. The summed E-state index contributed by atoms with van der Waals surface area (Å²) in [6.45, 7) is 2.21. The molecular formula is C52H52N6O13. The third-order valence-corrected chi connectivity index (χ3v) is 13.9. The molecule has 10 rings (SSSR count). The minimum Gasteiger partial charge on any atom is -0.508 e. The van der Waals surface area contributed by atoms with Gasteiger partial charge in [-0.1, -0.05) is 30.7 Å². The number of hydrogen-bond acceptors (Lipinski definition) is 17. The van der Waals surface area contributed by atoms with Crippen LogP contribution in [0.3, 0.4) is 0 Å². The van der Waals surface area contributed by atoms with E-state index in [1.54, 1.807) is 60.7 Å². The Morgan fingerprint density at radius 1 is 1.00 bits per heavy atom. The van der Waals surface area contributed by atoms with Gasteiger partial charge in [0.05, 0.1) is 24.8 Å². The first-order valence-corrected chi connectivity index (χ1v) is 23.3. The van der Waals surface area contributed by atoms with Crippen LogP contribution >= 0.6 is 0 Å². The first kappa shape index (κ1) is 47.1. The van der Waals surface area contributed by atoms with Gasteiger partial charge in [0.15, 0.2) is 23.2 Å². The molecule has 71 heavy (non-hydrogen) atoms. The zero-order valence-corrected chi connectivity index (χ0v) is 38.4. The second-order valence-electron chi connectivity index (χ2n) is 18.5. The number of allylic oxidation sites excluding steroid dienone is 1. The van der Waals surface area contributed by atoms with E-state index in [1.807, 2.05) is 13.0 Å². The maximum atomic E-state index is 13.3. The van der Waals surface area contributed by atoms with Gasteiger partial charge >= 0.3 is 5.97 Å². The maximum absolute atomic E-state index is 13.3. The van der Waals surface area contributed by atoms with Crippen molar-refractivity contribution < 1.29 is 64.2 Å². The summed E-state index contributed by atoms with van der Waals surface area (Å²) in [6.07, 6.45) is 4.43. The van der Waals surface area contributed by atoms with E-state index in [1.165, 1.54) is 30.8 Å². The maximum Gasteiger partial charge on any atom is 0.336 e. The number of nitrogens with two attached hydrogens (primary N) is 1. The van der Waals surface area contributed by atoms with Gasteiger partial charge in [-0.3, -0.25) is 10.4 Å². The number of fused-ring (bicyclic) bond motifs is 3. The lowest BCUT2D eigenvalue weighted by Gasteiger charge is -2.57. The number of ether oxygens (including phenoxy) is 5. The van der Waals surface area contributed by atoms with Crippen LogP contribution in [-0.2, 0) is 28.0 Å². The van der Waals surface area contributed by atoms with E-state index in [9.17, 15) is 40.5 Å². The highest BCUT2D eigenvalue weighted by Gasteiger charge is 2.71. The van der Waals surface area contributed by atoms with Crippen molar-refractivity contribution in [3.8, 4) is 34.5 Å². The van der Waals surface area contributed by atoms with Crippen LogP contribution < -0.4 is 24.7 Å². The quantitative estimate of drug-likeness (QED) is 0.0658. The average Bonchev–Trinajstić information content (AvgIpc) is 4.14. The van der Waals surface area contributed by atoms with Crippen molar-refractivity contribution in [1.29, 1.82) is 5.41 Å². The van der Waals surface area contributed by atoms with Crippen molar-refractivity contribution in [1.82, 2.24) is 4.98 Å². The molecule has 5 heterocycles. The van der Waals surface area contributed by atoms with Crippen LogP contribution in [0.1, 0.15) is 72.9 Å². The Morgan fingerprint density at radius 2 is 1.79 bits per heavy atom. The Bertz CT molecular complexity index is 3000. The van der Waals surface area contributed by atoms with E-state index in [0.29, 0.717) is 67.6 Å². The Hall–Kier alpha value is -7.58. The van der Waals surface area contributed by atoms with E-state index < -0.39 is 59.0 Å². The molecule has 1 saturated carbocycles. The number of aliphatic hydroxyl groups is 4. The normalized spacial score (nSPS) is 27.0. The van der Waals surface area contributed by atoms with Gasteiger partial charge in [0.1, 0.15) is 70.0 Å². The summed E-state index contributed by atoms with van der Waals surface area (Å²) >= 11 is 0. The largest absolute Gasteiger partial charge is 0.508 e. The molecule has 4 aromatic rings. The molecule has 6 aliphatic rings. The number of anilines is 1. The summed E-state index contributed by atoms with van der Waals surface area (Å²) in [5.74, 6) is -3.97. The number of phenols is 2. The van der Waals surface area contributed by atoms with Gasteiger partial charge < -0.3 is 65.2 Å². The van der Waals surface area contributed by atoms with Crippen LogP contribution in [0.2, 0.25) is 0 Å². The molecular weight excluding hydrogens is 917 g/mol. The van der Waals surface area contributed by atoms with Gasteiger partial charge in [0, 0.05) is 30.5 Å². The number of phenolic OH excluding ortho intramolecular Hbond substituents is 2. The minimum atomic E-state index is -2.76. The predicted octanol–water partition coefficient (Wildman–Crippen LogP) is 5.57. The highest BCUT2D eigenvalue weighted by atomic mass is 16.7. The van der Waals surface area contributed by atoms with E-state index in [-0.39, 0.29) is 70.2 Å². The lowest BCUT2D eigenvalue weighted by molar-refractivity contribution is -0.338. The number of aromatic hydroxyl groups is 2. The van der Waals surface area contributed by atoms with Crippen molar-refractivity contribution in [2.45, 2.75) is 93.3 Å². The molecule has 19 nitrogen and oxygen atoms in total. The van der Waals surface area contributed by atoms with Gasteiger partial charge in [-0.25, -0.2) is 19.8 Å². The second-order valence-corrected chi connectivity index (χ2v) is 18.5. The summed E-state index contributed by atoms with van der Waals surface area (Å²) in [4.78, 5) is 30.0. The number of nitrogen functional groups attached to an aromatic ring is 1. The SMILES string of the molecule is CCc1cc(O)cc(C2(Oc3c(OC4OC(C(=O)O)C5(O)C(C6=NC=NC6)C(Cc6ccnc(N)c6)=CC4(O)C5O)cc4c(c3O)C(O)=CC(c3ccc(OCCC5=NC(=N)C=C5)cc3)O4)CCCC2)c1. The number of aliphatic carboxylic acids is 1. The van der Waals surface area contributed by atoms with E-state index >= 15 is 0 Å². The fourth-order valence-electron chi connectivity index (χ4n) is 10.5. The van der Waals surface area contributed by atoms with Gasteiger partial charge in [-0.15, -0.1) is 0 Å². The fraction of sp³-hybridized carbons (Fsp3) is 0.346. The first-order chi connectivity index (χ1) is 34.1. The summed E-state index contributed by atoms with van der Waals surface area (Å²) in [5.41, 5.74) is 2.97. The zero-order valence-electron chi connectivity index (χ0n) is 38.4. The number of carbonyl (C=O) groups is 1. The number of aliphatic hydroxyl groups excluding tert-OH is 2. The molecule has 7 unspecified atom stereocenters. The monoisotopic (exact) mass is 968 g/mol. The molecule has 3 aromatic carbocycles. The fourth-order valence-corrected chi connectivity index (χ4v) is 10.5. The lowest BCUT2D eigenvalue weighted by Crippen LogP contribution is -2.79. The Morgan fingerprint density at radius 3 is 2.48 bits per heavy atom. The lowest BCUT2D eigenvalue weighted by atomic mass is 9.60. The van der Waals surface area contributed by atoms with Crippen LogP contribution in [0.4, 0.5) is 5.82 Å². The van der Waals surface area contributed by atoms with E-state index in [4.69, 9.17) is 34.8 Å². The number of amidine groups is 1. The molecule has 368 valence electrons. The molecule has 1 saturated heterocycles. The van der Waals surface area contributed by atoms with Gasteiger partial charge in [-0.05, 0) is 115 Å². The highest BCUT2D eigenvalue weighted by molar-refractivity contribution is 6.14. The third kappa shape index (κ3) is 8.53. The number of nitrogens with one attached hydrogen (secondary N) is 1. The molecule has 19 heteroatoms. The number of benzene rings is 3. The molecule has 4 aliphatic heterocycles. The van der Waals surface area contributed by atoms with Gasteiger partial charge in [0.2, 0.25) is 12.0 Å². The summed E-state index contributed by atoms with van der Waals surface area (Å²) in [7, 11) is 0. The van der Waals surface area contributed by atoms with E-state index in [0.717, 1.165) is 11.3 Å². The number of hydrogen-bond donors (Lipinski definition) is 9. The summed E-state index contributed by atoms with van der Waals surface area (Å²) in [5, 5.41) is 91.3. The Labute approximate surface area is 406 Å². The van der Waals surface area contributed by atoms with Gasteiger partial charge in [-0.2, -0.15) is 0 Å². The number of aliphatic imine (C=N–C) groups is 3. The predicted molar refractivity (Wildman–Crippen MR) is 259 cm³/mol. The summed E-state index contributed by atoms with van der Waals surface area (Å²) in [6, 6.07) is 16.6. The molecule has 2 fully saturated rings. The Balaban J connectivity index is 1.06. The number of carboxylic acid groups (broad SMARTS) is 1. The number of rotatable bonds is 15. The average molecular weight is 969 g/mol. The van der Waals surface area contributed by atoms with Crippen LogP contribution in [0, 0.1) is 11.3 Å². The van der Waals surface area contributed by atoms with Crippen molar-refractivity contribution in [2.75, 3.05) is 18.9 Å². The summed E-state index contributed by atoms with van der Waals surface area (Å²) < 4.78 is 31.9. The molecule has 7 atom stereocenters. The van der Waals surface area contributed by atoms with Crippen LogP contribution in [0.15, 0.2) is 112 Å². The Kier molecular flexibility index (Phi) is 12.1. The zero-order chi connectivity index (χ0) is 49.8. The highest BCUT2D eigenvalue weighted by Crippen LogP contribution is 2.57. The second kappa shape index (κ2) is 18.3. The molecule has 0 amide bonds. The number of aromatic nitrogens is 1. The molecule has 1 aromatic heterocycles. The smallest absolute Gasteiger partial charge is 0.336 e. The van der Waals surface area contributed by atoms with Gasteiger partial charge in [0.25, 0.3) is 0 Å². The molecule has 2 aliphatic carbocycles. The number of nitrogens with zero attached hydrogens (tertiary/aromatic N) is 4. The van der Waals surface area contributed by atoms with Crippen molar-refractivity contribution in [3.05, 3.63) is 125 Å². The van der Waals surface area contributed by atoms with Crippen LogP contribution in [0.5, 0.6) is 34.5 Å².